The second-order valence-corrected chi connectivity index (χ2v) is 4.65. The second kappa shape index (κ2) is 5.66. The molecule has 82 valence electrons. The lowest BCUT2D eigenvalue weighted by Gasteiger charge is -2.16. The van der Waals surface area contributed by atoms with Crippen LogP contribution in [0.4, 0.5) is 0 Å². The maximum atomic E-state index is 11.3. The van der Waals surface area contributed by atoms with Crippen LogP contribution >= 0.6 is 7.82 Å². The first-order valence-corrected chi connectivity index (χ1v) is 6.46. The van der Waals surface area contributed by atoms with Crippen LogP contribution in [0.3, 0.4) is 0 Å². The van der Waals surface area contributed by atoms with Crippen molar-refractivity contribution >= 4 is 7.82 Å². The van der Waals surface area contributed by atoms with Crippen molar-refractivity contribution in [3.63, 3.8) is 0 Å². The zero-order valence-corrected chi connectivity index (χ0v) is 9.28. The van der Waals surface area contributed by atoms with E-state index in [0.29, 0.717) is 0 Å². The Morgan fingerprint density at radius 2 is 2.36 bits per heavy atom. The van der Waals surface area contributed by atoms with Crippen LogP contribution in [0.25, 0.3) is 0 Å². The molecule has 2 atom stereocenters. The Kier molecular flexibility index (Phi) is 4.82. The van der Waals surface area contributed by atoms with Crippen molar-refractivity contribution in [1.29, 1.82) is 0 Å². The lowest BCUT2D eigenvalue weighted by atomic mass is 10.2. The normalized spacial score (nSPS) is 26.9. The average molecular weight is 220 g/mol. The van der Waals surface area contributed by atoms with Crippen LogP contribution < -0.4 is 0 Å². The Balaban J connectivity index is 2.45. The Morgan fingerprint density at radius 1 is 1.57 bits per heavy atom. The summed E-state index contributed by atoms with van der Waals surface area (Å²) < 4.78 is 20.9. The molecule has 0 aromatic carbocycles. The summed E-state index contributed by atoms with van der Waals surface area (Å²) in [4.78, 5) is 9.24. The van der Waals surface area contributed by atoms with E-state index in [0.717, 1.165) is 25.7 Å². The molecule has 0 amide bonds. The molecule has 0 bridgehead atoms. The molecule has 4 nitrogen and oxygen atoms in total. The summed E-state index contributed by atoms with van der Waals surface area (Å²) in [5.74, 6) is 0. The zero-order chi connectivity index (χ0) is 10.4. The molecule has 0 aliphatic heterocycles. The lowest BCUT2D eigenvalue weighted by Crippen LogP contribution is -2.08. The summed E-state index contributed by atoms with van der Waals surface area (Å²) in [6.07, 6.45) is 7.49. The maximum Gasteiger partial charge on any atom is 0.472 e. The van der Waals surface area contributed by atoms with Crippen molar-refractivity contribution in [3.8, 4) is 0 Å². The molecule has 0 aromatic heterocycles. The van der Waals surface area contributed by atoms with Gasteiger partial charge in [-0.15, -0.1) is 0 Å². The maximum absolute atomic E-state index is 11.3. The fourth-order valence-corrected chi connectivity index (χ4v) is 2.31. The van der Waals surface area contributed by atoms with Crippen molar-refractivity contribution in [2.45, 2.75) is 38.7 Å². The molecule has 0 aromatic rings. The number of hydrogen-bond donors (Lipinski definition) is 1. The van der Waals surface area contributed by atoms with E-state index < -0.39 is 7.82 Å². The molecule has 2 unspecified atom stereocenters. The SMILES string of the molecule is CCOP(=O)(O)OC1C=CCCCC1. The van der Waals surface area contributed by atoms with Crippen LogP contribution in [0.5, 0.6) is 0 Å². The molecular formula is C9H17O4P. The highest BCUT2D eigenvalue weighted by molar-refractivity contribution is 7.47. The highest BCUT2D eigenvalue weighted by Crippen LogP contribution is 2.45. The van der Waals surface area contributed by atoms with Gasteiger partial charge in [0.25, 0.3) is 0 Å². The summed E-state index contributed by atoms with van der Waals surface area (Å²) in [6, 6.07) is 0. The van der Waals surface area contributed by atoms with Gasteiger partial charge in [0, 0.05) is 0 Å². The number of allylic oxidation sites excluding steroid dienone is 1. The summed E-state index contributed by atoms with van der Waals surface area (Å²) in [5, 5.41) is 0. The molecule has 0 fully saturated rings. The van der Waals surface area contributed by atoms with Crippen molar-refractivity contribution < 1.29 is 18.5 Å². The molecule has 0 heterocycles. The highest BCUT2D eigenvalue weighted by atomic mass is 31.2. The molecule has 1 rings (SSSR count). The van der Waals surface area contributed by atoms with E-state index >= 15 is 0 Å². The largest absolute Gasteiger partial charge is 0.472 e. The molecule has 1 N–H and O–H groups in total. The van der Waals surface area contributed by atoms with Gasteiger partial charge in [0.15, 0.2) is 0 Å². The summed E-state index contributed by atoms with van der Waals surface area (Å²) in [5.41, 5.74) is 0. The third-order valence-electron chi connectivity index (χ3n) is 2.02. The van der Waals surface area contributed by atoms with Crippen molar-refractivity contribution in [3.05, 3.63) is 12.2 Å². The molecule has 0 radical (unpaired) electrons. The molecule has 0 spiro atoms. The number of hydrogen-bond acceptors (Lipinski definition) is 3. The third kappa shape index (κ3) is 4.38. The van der Waals surface area contributed by atoms with Crippen LogP contribution in [0.15, 0.2) is 12.2 Å². The van der Waals surface area contributed by atoms with Crippen LogP contribution in [0.1, 0.15) is 32.6 Å². The predicted octanol–water partition coefficient (Wildman–Crippen LogP) is 2.64. The number of phosphoric ester groups is 1. The van der Waals surface area contributed by atoms with Gasteiger partial charge in [-0.1, -0.05) is 18.6 Å². The Morgan fingerprint density at radius 3 is 3.07 bits per heavy atom. The van der Waals surface area contributed by atoms with E-state index in [1.54, 1.807) is 6.92 Å². The first-order chi connectivity index (χ1) is 6.64. The molecule has 5 heteroatoms. The average Bonchev–Trinajstić information content (AvgIpc) is 2.31. The third-order valence-corrected chi connectivity index (χ3v) is 3.14. The van der Waals surface area contributed by atoms with Crippen LogP contribution in [-0.4, -0.2) is 17.6 Å². The minimum Gasteiger partial charge on any atom is -0.302 e. The molecular weight excluding hydrogens is 203 g/mol. The monoisotopic (exact) mass is 220 g/mol. The van der Waals surface area contributed by atoms with Crippen molar-refractivity contribution in [1.82, 2.24) is 0 Å². The number of rotatable bonds is 4. The first kappa shape index (κ1) is 11.9. The van der Waals surface area contributed by atoms with E-state index in [9.17, 15) is 9.46 Å². The summed E-state index contributed by atoms with van der Waals surface area (Å²) in [7, 11) is -3.83. The molecule has 1 aliphatic rings. The topological polar surface area (TPSA) is 55.8 Å². The highest BCUT2D eigenvalue weighted by Gasteiger charge is 2.24. The molecule has 0 saturated heterocycles. The Bertz CT molecular complexity index is 239. The van der Waals surface area contributed by atoms with Gasteiger partial charge < -0.3 is 4.89 Å². The summed E-state index contributed by atoms with van der Waals surface area (Å²) in [6.45, 7) is 1.85. The molecule has 0 saturated carbocycles. The van der Waals surface area contributed by atoms with E-state index in [1.807, 2.05) is 12.2 Å². The van der Waals surface area contributed by atoms with Crippen molar-refractivity contribution in [2.75, 3.05) is 6.61 Å². The Hall–Kier alpha value is -0.150. The fraction of sp³-hybridized carbons (Fsp3) is 0.778. The van der Waals surface area contributed by atoms with Gasteiger partial charge in [-0.25, -0.2) is 4.57 Å². The van der Waals surface area contributed by atoms with Crippen LogP contribution in [-0.2, 0) is 13.6 Å². The Labute approximate surface area is 84.5 Å². The van der Waals surface area contributed by atoms with E-state index in [-0.39, 0.29) is 12.7 Å². The smallest absolute Gasteiger partial charge is 0.302 e. The van der Waals surface area contributed by atoms with Gasteiger partial charge in [0.1, 0.15) is 0 Å². The summed E-state index contributed by atoms with van der Waals surface area (Å²) >= 11 is 0. The molecule has 1 aliphatic carbocycles. The first-order valence-electron chi connectivity index (χ1n) is 4.96. The van der Waals surface area contributed by atoms with Crippen LogP contribution in [0.2, 0.25) is 0 Å². The van der Waals surface area contributed by atoms with E-state index in [1.165, 1.54) is 0 Å². The van der Waals surface area contributed by atoms with Crippen LogP contribution in [0, 0.1) is 0 Å². The van der Waals surface area contributed by atoms with Gasteiger partial charge >= 0.3 is 7.82 Å². The van der Waals surface area contributed by atoms with E-state index in [2.05, 4.69) is 4.52 Å². The minimum atomic E-state index is -3.83. The number of phosphoric acid groups is 1. The standard InChI is InChI=1S/C9H17O4P/c1-2-12-14(10,11)13-9-7-5-3-4-6-8-9/h5,7,9H,2-4,6,8H2,1H3,(H,10,11). The van der Waals surface area contributed by atoms with Gasteiger partial charge in [-0.05, 0) is 26.2 Å². The quantitative estimate of drug-likeness (QED) is 0.584. The molecule has 14 heavy (non-hydrogen) atoms. The second-order valence-electron chi connectivity index (χ2n) is 3.24. The minimum absolute atomic E-state index is 0.185. The van der Waals surface area contributed by atoms with Gasteiger partial charge in [0.05, 0.1) is 12.7 Å². The van der Waals surface area contributed by atoms with Gasteiger partial charge in [-0.2, -0.15) is 0 Å². The van der Waals surface area contributed by atoms with Gasteiger partial charge in [-0.3, -0.25) is 9.05 Å². The van der Waals surface area contributed by atoms with Gasteiger partial charge in [0.2, 0.25) is 0 Å². The predicted molar refractivity (Wildman–Crippen MR) is 53.9 cm³/mol. The van der Waals surface area contributed by atoms with E-state index in [4.69, 9.17) is 4.52 Å². The zero-order valence-electron chi connectivity index (χ0n) is 8.39. The fourth-order valence-electron chi connectivity index (χ4n) is 1.40. The lowest BCUT2D eigenvalue weighted by molar-refractivity contribution is 0.124. The van der Waals surface area contributed by atoms with Crippen molar-refractivity contribution in [2.24, 2.45) is 0 Å².